The first-order valence-corrected chi connectivity index (χ1v) is 12.2. The van der Waals surface area contributed by atoms with Gasteiger partial charge in [0, 0.05) is 62.1 Å². The molecule has 0 spiro atoms. The van der Waals surface area contributed by atoms with Gasteiger partial charge in [0.2, 0.25) is 11.8 Å². The van der Waals surface area contributed by atoms with E-state index in [1.54, 1.807) is 26.8 Å². The standard InChI is InChI=1S/C23H37N4O6P.U.V/c1-9-14-11-23(14,19(30)26-34-32)25-17(28)15-10-13(2)12-27(15)18(29)16(21(3,4)5)24-20(31)33-22(6,7)8;;/h9,13-16H,1,10-12H2,2-8H3,(H,24,31)(H,25,28)(H,26,30,32);;/t13-,14?,15+,16-,23-;;/m1../s1. The van der Waals surface area contributed by atoms with Gasteiger partial charge in [0.1, 0.15) is 23.2 Å². The fraction of sp³-hybridized carbons (Fsp3) is 0.739. The Balaban J connectivity index is 0.00000612. The summed E-state index contributed by atoms with van der Waals surface area (Å²) in [4.78, 5) is 53.3. The zero-order valence-electron chi connectivity index (χ0n) is 22.0. The molecule has 1 aliphatic heterocycles. The summed E-state index contributed by atoms with van der Waals surface area (Å²) >= 11 is 0. The summed E-state index contributed by atoms with van der Waals surface area (Å²) in [6.45, 7) is 16.6. The van der Waals surface area contributed by atoms with Crippen LogP contribution >= 0.6 is 8.61 Å². The molecule has 1 aliphatic carbocycles. The summed E-state index contributed by atoms with van der Waals surface area (Å²) < 4.78 is 16.2. The van der Waals surface area contributed by atoms with E-state index in [0.29, 0.717) is 19.4 Å². The van der Waals surface area contributed by atoms with E-state index in [4.69, 9.17) is 4.74 Å². The second-order valence-corrected chi connectivity index (χ2v) is 11.7. The van der Waals surface area contributed by atoms with E-state index in [2.05, 4.69) is 22.3 Å². The van der Waals surface area contributed by atoms with E-state index in [-0.39, 0.29) is 61.5 Å². The average Bonchev–Trinajstić information content (AvgIpc) is 3.26. The second-order valence-electron chi connectivity index (χ2n) is 11.3. The zero-order valence-corrected chi connectivity index (χ0v) is 28.5. The van der Waals surface area contributed by atoms with Gasteiger partial charge >= 0.3 is 6.09 Å². The van der Waals surface area contributed by atoms with Crippen LogP contribution in [-0.2, 0) is 42.2 Å². The van der Waals surface area contributed by atoms with Crippen molar-refractivity contribution in [2.45, 2.75) is 84.5 Å². The molecule has 1 saturated carbocycles. The van der Waals surface area contributed by atoms with Crippen molar-refractivity contribution >= 4 is 32.4 Å². The predicted molar refractivity (Wildman–Crippen MR) is 127 cm³/mol. The van der Waals surface area contributed by atoms with Gasteiger partial charge in [-0.25, -0.2) is 9.36 Å². The number of alkyl carbamates (subject to hydrolysis) is 1. The Hall–Kier alpha value is -0.844. The van der Waals surface area contributed by atoms with Crippen molar-refractivity contribution in [3.05, 3.63) is 12.7 Å². The van der Waals surface area contributed by atoms with Crippen LogP contribution in [0.2, 0.25) is 0 Å². The number of likely N-dealkylation sites (tertiary alicyclic amines) is 1. The van der Waals surface area contributed by atoms with E-state index < -0.39 is 61.1 Å². The first-order valence-electron chi connectivity index (χ1n) is 11.4. The molecule has 0 aromatic carbocycles. The Morgan fingerprint density at radius 3 is 2.19 bits per heavy atom. The summed E-state index contributed by atoms with van der Waals surface area (Å²) in [5, 5.41) is 7.66. The number of rotatable bonds is 7. The molecule has 13 heteroatoms. The minimum atomic E-state index is -1.23. The van der Waals surface area contributed by atoms with Crippen LogP contribution in [0.4, 0.5) is 4.79 Å². The maximum absolute atomic E-state index is 13.6. The zero-order chi connectivity index (χ0) is 26.1. The molecule has 3 N–H and O–H groups in total. The van der Waals surface area contributed by atoms with E-state index in [1.807, 2.05) is 27.7 Å². The Morgan fingerprint density at radius 1 is 1.17 bits per heavy atom. The largest absolute Gasteiger partial charge is 0.444 e. The minimum Gasteiger partial charge on any atom is -0.444 e. The molecule has 2 rings (SSSR count). The summed E-state index contributed by atoms with van der Waals surface area (Å²) in [7, 11) is -0.558. The van der Waals surface area contributed by atoms with Crippen molar-refractivity contribution in [1.29, 1.82) is 0 Å². The number of carbonyl (C=O) groups excluding carboxylic acids is 4. The average molecular weight is 786 g/mol. The monoisotopic (exact) mass is 785 g/mol. The molecule has 1 heterocycles. The van der Waals surface area contributed by atoms with E-state index in [1.165, 1.54) is 4.90 Å². The van der Waals surface area contributed by atoms with Gasteiger partial charge in [-0.05, 0) is 44.9 Å². The number of ether oxygens (including phenoxy) is 1. The summed E-state index contributed by atoms with van der Waals surface area (Å²) in [6, 6.07) is -1.74. The summed E-state index contributed by atoms with van der Waals surface area (Å²) in [5.41, 5.74) is -2.61. The molecule has 0 aromatic heterocycles. The molecular weight excluding hydrogens is 748 g/mol. The molecule has 199 valence electrons. The van der Waals surface area contributed by atoms with Crippen molar-refractivity contribution in [3.63, 3.8) is 0 Å². The molecular formula is C23H37N4O6PUV. The van der Waals surface area contributed by atoms with Crippen LogP contribution in [0, 0.1) is 48.4 Å². The predicted octanol–water partition coefficient (Wildman–Crippen LogP) is 2.54. The van der Waals surface area contributed by atoms with Crippen LogP contribution < -0.4 is 15.7 Å². The summed E-state index contributed by atoms with van der Waals surface area (Å²) in [6.07, 6.45) is 1.61. The van der Waals surface area contributed by atoms with E-state index >= 15 is 0 Å². The van der Waals surface area contributed by atoms with Gasteiger partial charge in [0.05, 0.1) is 0 Å². The van der Waals surface area contributed by atoms with Crippen molar-refractivity contribution in [2.75, 3.05) is 6.54 Å². The van der Waals surface area contributed by atoms with Crippen LogP contribution in [-0.4, -0.2) is 58.5 Å². The van der Waals surface area contributed by atoms with Crippen molar-refractivity contribution in [2.24, 2.45) is 17.3 Å². The Labute approximate surface area is 250 Å². The third-order valence-corrected chi connectivity index (χ3v) is 6.36. The van der Waals surface area contributed by atoms with Crippen LogP contribution in [0.15, 0.2) is 12.7 Å². The second kappa shape index (κ2) is 13.3. The first-order chi connectivity index (χ1) is 15.6. The van der Waals surface area contributed by atoms with Gasteiger partial charge in [-0.3, -0.25) is 19.5 Å². The topological polar surface area (TPSA) is 134 Å². The van der Waals surface area contributed by atoms with Gasteiger partial charge in [-0.1, -0.05) is 33.8 Å². The molecule has 10 nitrogen and oxygen atoms in total. The van der Waals surface area contributed by atoms with Crippen LogP contribution in [0.5, 0.6) is 0 Å². The number of nitrogens with zero attached hydrogens (tertiary/aromatic N) is 1. The molecule has 0 aromatic rings. The van der Waals surface area contributed by atoms with Crippen molar-refractivity contribution < 1.29 is 78.1 Å². The van der Waals surface area contributed by atoms with Gasteiger partial charge in [-0.2, -0.15) is 0 Å². The van der Waals surface area contributed by atoms with Gasteiger partial charge in [0.25, 0.3) is 14.5 Å². The molecule has 2 aliphatic rings. The Morgan fingerprint density at radius 2 is 1.75 bits per heavy atom. The van der Waals surface area contributed by atoms with Gasteiger partial charge in [-0.15, -0.1) is 6.58 Å². The van der Waals surface area contributed by atoms with Crippen molar-refractivity contribution in [3.8, 4) is 0 Å². The molecule has 0 bridgehead atoms. The van der Waals surface area contributed by atoms with Gasteiger partial charge < -0.3 is 20.3 Å². The third-order valence-electron chi connectivity index (χ3n) is 6.07. The number of amides is 4. The van der Waals surface area contributed by atoms with Crippen molar-refractivity contribution in [1.82, 2.24) is 20.6 Å². The maximum atomic E-state index is 13.6. The number of hydrogen-bond acceptors (Lipinski definition) is 6. The molecule has 2 fully saturated rings. The van der Waals surface area contributed by atoms with Crippen LogP contribution in [0.1, 0.15) is 61.3 Å². The third kappa shape index (κ3) is 8.60. The molecule has 36 heavy (non-hydrogen) atoms. The normalized spacial score (nSPS) is 26.0. The van der Waals surface area contributed by atoms with E-state index in [0.717, 1.165) is 0 Å². The summed E-state index contributed by atoms with van der Waals surface area (Å²) in [5.74, 6) is -1.68. The molecule has 5 atom stereocenters. The van der Waals surface area contributed by atoms with Gasteiger partial charge in [0.15, 0.2) is 0 Å². The van der Waals surface area contributed by atoms with E-state index in [9.17, 15) is 23.7 Å². The Kier molecular flexibility index (Phi) is 13.0. The fourth-order valence-corrected chi connectivity index (χ4v) is 4.54. The number of nitrogens with one attached hydrogen (secondary N) is 3. The molecule has 1 unspecified atom stereocenters. The van der Waals surface area contributed by atoms with Crippen LogP contribution in [0.25, 0.3) is 0 Å². The maximum Gasteiger partial charge on any atom is 0.408 e. The first kappa shape index (κ1) is 35.2. The minimum absolute atomic E-state index is 0. The number of hydrogen-bond donors (Lipinski definition) is 3. The molecule has 4 amide bonds. The smallest absolute Gasteiger partial charge is 0.408 e. The van der Waals surface area contributed by atoms with Crippen LogP contribution in [0.3, 0.4) is 0 Å². The molecule has 1 radical (unpaired) electrons. The molecule has 1 saturated heterocycles. The quantitative estimate of drug-likeness (QED) is 0.269. The SMILES string of the molecule is C=CC1C[C@]1(NC(=O)[C@@H]1C[C@@H](C)CN1C(=O)[C@@H](NC(=O)OC(C)(C)C)C(C)(C)C)C(=O)NP=O.[U].[V]. The number of carbonyl (C=O) groups is 4. The Bertz CT molecular complexity index is 878. The fourth-order valence-electron chi connectivity index (χ4n) is 4.26.